The third kappa shape index (κ3) is 7.06. The molecule has 2 unspecified atom stereocenters. The fourth-order valence-corrected chi connectivity index (χ4v) is 6.33. The summed E-state index contributed by atoms with van der Waals surface area (Å²) in [6.07, 6.45) is 0.0605. The van der Waals surface area contributed by atoms with Gasteiger partial charge in [-0.2, -0.15) is 10.2 Å². The van der Waals surface area contributed by atoms with Crippen LogP contribution in [0.25, 0.3) is 5.52 Å². The highest BCUT2D eigenvalue weighted by atomic mass is 31.2. The molecule has 2 aromatic heterocycles. The molecule has 234 valence electrons. The van der Waals surface area contributed by atoms with Crippen molar-refractivity contribution in [1.82, 2.24) is 19.7 Å². The molecule has 0 amide bonds. The summed E-state index contributed by atoms with van der Waals surface area (Å²) in [5.74, 6) is 0.00267. The zero-order valence-electron chi connectivity index (χ0n) is 24.6. The first-order valence-corrected chi connectivity index (χ1v) is 15.6. The number of anilines is 1. The van der Waals surface area contributed by atoms with E-state index >= 15 is 0 Å². The highest BCUT2D eigenvalue weighted by Crippen LogP contribution is 2.47. The van der Waals surface area contributed by atoms with Gasteiger partial charge in [0.05, 0.1) is 18.9 Å². The number of benzene rings is 1. The van der Waals surface area contributed by atoms with Crippen LogP contribution in [-0.2, 0) is 29.0 Å². The summed E-state index contributed by atoms with van der Waals surface area (Å²) in [6.45, 7) is 5.25. The second kappa shape index (κ2) is 13.9. The van der Waals surface area contributed by atoms with E-state index in [9.17, 15) is 19.6 Å². The topological polar surface area (TPSA) is 192 Å². The van der Waals surface area contributed by atoms with Crippen molar-refractivity contribution in [1.29, 1.82) is 0 Å². The van der Waals surface area contributed by atoms with Crippen LogP contribution in [0.5, 0.6) is 5.75 Å². The first-order chi connectivity index (χ1) is 20.6. The Balaban J connectivity index is 1.56. The Morgan fingerprint density at radius 2 is 1.98 bits per heavy atom. The number of para-hydroxylation sites is 1. The molecule has 15 heteroatoms. The second-order valence-corrected chi connectivity index (χ2v) is 12.0. The van der Waals surface area contributed by atoms with E-state index < -0.39 is 50.3 Å². The molecule has 1 aliphatic heterocycles. The summed E-state index contributed by atoms with van der Waals surface area (Å²) in [5, 5.41) is 29.2. The van der Waals surface area contributed by atoms with Crippen molar-refractivity contribution in [3.63, 3.8) is 0 Å². The molecule has 0 bridgehead atoms. The smallest absolute Gasteiger partial charge is 0.459 e. The number of nitrogens with zero attached hydrogens (tertiary/aromatic N) is 4. The summed E-state index contributed by atoms with van der Waals surface area (Å²) < 4.78 is 38.5. The van der Waals surface area contributed by atoms with Gasteiger partial charge in [-0.1, -0.05) is 44.9 Å². The van der Waals surface area contributed by atoms with Crippen molar-refractivity contribution in [2.45, 2.75) is 63.6 Å². The molecular formula is C28H39N6O8P. The van der Waals surface area contributed by atoms with Gasteiger partial charge >= 0.3 is 13.7 Å². The largest absolute Gasteiger partial charge is 0.464 e. The van der Waals surface area contributed by atoms with E-state index in [1.807, 2.05) is 13.8 Å². The van der Waals surface area contributed by atoms with Gasteiger partial charge in [0.1, 0.15) is 41.9 Å². The number of aliphatic hydroxyl groups is 2. The average molecular weight is 619 g/mol. The minimum atomic E-state index is -4.27. The van der Waals surface area contributed by atoms with Gasteiger partial charge in [-0.25, -0.2) is 14.1 Å². The van der Waals surface area contributed by atoms with Gasteiger partial charge in [-0.15, -0.1) is 0 Å². The lowest BCUT2D eigenvalue weighted by atomic mass is 9.92. The normalized spacial score (nSPS) is 24.4. The number of nitrogens with one attached hydrogen (secondary N) is 1. The fraction of sp³-hybridized carbons (Fsp3) is 0.500. The SMILES string of the molecule is CCC(CC)COC(=O)[C@H](C)NP(=O)(OCC1O[C@@](C=NC)(c2ccc3c(N)ncnn23)[C@H](O)[C@@H]1O)Oc1ccccc1. The van der Waals surface area contributed by atoms with Gasteiger partial charge in [-0.3, -0.25) is 14.3 Å². The maximum atomic E-state index is 14.0. The summed E-state index contributed by atoms with van der Waals surface area (Å²) >= 11 is 0. The van der Waals surface area contributed by atoms with Crippen LogP contribution in [0, 0.1) is 5.92 Å². The van der Waals surface area contributed by atoms with Gasteiger partial charge in [0.2, 0.25) is 0 Å². The van der Waals surface area contributed by atoms with Crippen LogP contribution < -0.4 is 15.3 Å². The molecule has 0 radical (unpaired) electrons. The van der Waals surface area contributed by atoms with Gasteiger partial charge in [0.25, 0.3) is 0 Å². The van der Waals surface area contributed by atoms with Gasteiger partial charge in [0, 0.05) is 13.3 Å². The number of nitrogen functional groups attached to an aromatic ring is 1. The standard InChI is InChI=1S/C28H39N6O8P/c1-5-19(6-2)14-39-27(37)18(3)33-43(38,42-20-10-8-7-9-11-20)40-15-22-24(35)25(36)28(41-22,16-30-4)23-13-12-21-26(29)31-17-32-34(21)23/h7-13,16-19,22,24-25,35-36H,5-6,14-15H2,1-4H3,(H,33,38)(H2,29,31,32)/t18-,22?,24+,25+,28-,43?/m0/s1. The van der Waals surface area contributed by atoms with Crippen LogP contribution in [0.15, 0.2) is 53.8 Å². The van der Waals surface area contributed by atoms with E-state index in [1.54, 1.807) is 42.5 Å². The number of carbonyl (C=O) groups excluding carboxylic acids is 1. The third-order valence-electron chi connectivity index (χ3n) is 7.39. The summed E-state index contributed by atoms with van der Waals surface area (Å²) in [6, 6.07) is 10.5. The maximum Gasteiger partial charge on any atom is 0.459 e. The van der Waals surface area contributed by atoms with Crippen LogP contribution in [0.3, 0.4) is 0 Å². The molecule has 4 rings (SSSR count). The summed E-state index contributed by atoms with van der Waals surface area (Å²) in [7, 11) is -2.78. The Labute approximate surface area is 249 Å². The van der Waals surface area contributed by atoms with E-state index in [0.717, 1.165) is 12.8 Å². The third-order valence-corrected chi connectivity index (χ3v) is 9.04. The molecule has 3 heterocycles. The predicted molar refractivity (Wildman–Crippen MR) is 159 cm³/mol. The lowest BCUT2D eigenvalue weighted by molar-refractivity contribution is -0.146. The first kappa shape index (κ1) is 32.5. The number of ether oxygens (including phenoxy) is 2. The van der Waals surface area contributed by atoms with Crippen LogP contribution >= 0.6 is 7.75 Å². The number of aliphatic imine (C=N–C) groups is 1. The van der Waals surface area contributed by atoms with E-state index in [4.69, 9.17) is 24.3 Å². The minimum Gasteiger partial charge on any atom is -0.464 e. The molecule has 1 fully saturated rings. The van der Waals surface area contributed by atoms with Crippen molar-refractivity contribution >= 4 is 31.3 Å². The van der Waals surface area contributed by atoms with E-state index in [-0.39, 0.29) is 24.1 Å². The van der Waals surface area contributed by atoms with Gasteiger partial charge in [0.15, 0.2) is 11.4 Å². The zero-order valence-corrected chi connectivity index (χ0v) is 25.5. The number of rotatable bonds is 14. The van der Waals surface area contributed by atoms with E-state index in [2.05, 4.69) is 20.2 Å². The van der Waals surface area contributed by atoms with E-state index in [0.29, 0.717) is 11.2 Å². The van der Waals surface area contributed by atoms with Crippen molar-refractivity contribution in [3.8, 4) is 5.75 Å². The number of hydrogen-bond donors (Lipinski definition) is 4. The Morgan fingerprint density at radius 1 is 1.26 bits per heavy atom. The lowest BCUT2D eigenvalue weighted by Gasteiger charge is -2.28. The molecule has 5 N–H and O–H groups in total. The maximum absolute atomic E-state index is 14.0. The second-order valence-electron chi connectivity index (χ2n) is 10.3. The zero-order chi connectivity index (χ0) is 31.2. The lowest BCUT2D eigenvalue weighted by Crippen LogP contribution is -2.43. The molecule has 1 saturated heterocycles. The number of aromatic nitrogens is 3. The van der Waals surface area contributed by atoms with E-state index in [1.165, 1.54) is 31.0 Å². The van der Waals surface area contributed by atoms with Gasteiger partial charge in [-0.05, 0) is 37.1 Å². The quantitative estimate of drug-likeness (QED) is 0.117. The first-order valence-electron chi connectivity index (χ1n) is 14.1. The monoisotopic (exact) mass is 618 g/mol. The van der Waals surface area contributed by atoms with Gasteiger partial charge < -0.3 is 29.9 Å². The number of fused-ring (bicyclic) bond motifs is 1. The Bertz CT molecular complexity index is 1450. The van der Waals surface area contributed by atoms with Crippen molar-refractivity contribution in [3.05, 3.63) is 54.5 Å². The number of carbonyl (C=O) groups is 1. The van der Waals surface area contributed by atoms with Crippen LogP contribution in [0.4, 0.5) is 5.82 Å². The highest BCUT2D eigenvalue weighted by molar-refractivity contribution is 7.52. The van der Waals surface area contributed by atoms with Crippen LogP contribution in [0.2, 0.25) is 0 Å². The summed E-state index contributed by atoms with van der Waals surface area (Å²) in [5.41, 5.74) is 5.10. The number of hydrogen-bond acceptors (Lipinski definition) is 12. The number of esters is 1. The Hall–Kier alpha value is -3.39. The van der Waals surface area contributed by atoms with Crippen LogP contribution in [0.1, 0.15) is 39.3 Å². The molecule has 6 atom stereocenters. The molecule has 1 aromatic carbocycles. The number of aliphatic hydroxyl groups excluding tert-OH is 2. The number of nitrogens with two attached hydrogens (primary N) is 1. The molecule has 14 nitrogen and oxygen atoms in total. The Kier molecular flexibility index (Phi) is 10.5. The van der Waals surface area contributed by atoms with Crippen molar-refractivity contribution in [2.24, 2.45) is 10.9 Å². The van der Waals surface area contributed by atoms with Crippen LogP contribution in [-0.4, -0.2) is 81.6 Å². The Morgan fingerprint density at radius 3 is 2.65 bits per heavy atom. The molecule has 3 aromatic rings. The minimum absolute atomic E-state index is 0.204. The molecule has 0 spiro atoms. The van der Waals surface area contributed by atoms with Crippen molar-refractivity contribution in [2.75, 3.05) is 26.0 Å². The van der Waals surface area contributed by atoms with Crippen molar-refractivity contribution < 1.29 is 38.1 Å². The molecular weight excluding hydrogens is 579 g/mol. The predicted octanol–water partition coefficient (Wildman–Crippen LogP) is 2.49. The molecule has 0 saturated carbocycles. The summed E-state index contributed by atoms with van der Waals surface area (Å²) in [4.78, 5) is 20.8. The fourth-order valence-electron chi connectivity index (χ4n) is 4.83. The molecule has 1 aliphatic rings. The average Bonchev–Trinajstić information content (AvgIpc) is 3.54. The molecule has 43 heavy (non-hydrogen) atoms. The molecule has 0 aliphatic carbocycles. The highest BCUT2D eigenvalue weighted by Gasteiger charge is 2.56.